The highest BCUT2D eigenvalue weighted by Crippen LogP contribution is 2.45. The van der Waals surface area contributed by atoms with Crippen LogP contribution in [0.1, 0.15) is 191 Å². The van der Waals surface area contributed by atoms with Crippen LogP contribution in [0.5, 0.6) is 34.5 Å². The van der Waals surface area contributed by atoms with Gasteiger partial charge in [-0.3, -0.25) is 0 Å². The lowest BCUT2D eigenvalue weighted by Crippen LogP contribution is -2.44. The number of nitriles is 1. The summed E-state index contributed by atoms with van der Waals surface area (Å²) >= 11 is 0. The van der Waals surface area contributed by atoms with E-state index in [0.29, 0.717) is 138 Å². The number of oxazole rings is 2. The Labute approximate surface area is 610 Å². The smallest absolute Gasteiger partial charge is 0.503 e. The fourth-order valence-electron chi connectivity index (χ4n) is 16.2. The molecule has 0 N–H and O–H groups in total. The molecule has 10 aromatic rings. The van der Waals surface area contributed by atoms with Gasteiger partial charge < -0.3 is 45.9 Å². The highest BCUT2D eigenvalue weighted by Gasteiger charge is 2.46. The second-order valence-electron chi connectivity index (χ2n) is 34.9. The molecule has 0 radical (unpaired) electrons. The summed E-state index contributed by atoms with van der Waals surface area (Å²) in [7, 11) is -2.55. The maximum Gasteiger partial charge on any atom is 0.743 e. The van der Waals surface area contributed by atoms with Gasteiger partial charge in [0.25, 0.3) is 5.70 Å². The first-order valence-electron chi connectivity index (χ1n) is 37.2. The largest absolute Gasteiger partial charge is 0.743 e. The molecule has 2 aliphatic heterocycles. The van der Waals surface area contributed by atoms with E-state index >= 15 is 0 Å². The van der Waals surface area contributed by atoms with Gasteiger partial charge in [-0.2, -0.15) is 5.26 Å². The Morgan fingerprint density at radius 1 is 0.495 bits per heavy atom. The van der Waals surface area contributed by atoms with Crippen molar-refractivity contribution in [3.05, 3.63) is 178 Å². The molecule has 6 unspecified atom stereocenters. The van der Waals surface area contributed by atoms with Crippen molar-refractivity contribution in [1.29, 1.82) is 5.26 Å². The van der Waals surface area contributed by atoms with Gasteiger partial charge in [0.1, 0.15) is 57.2 Å². The second-order valence-corrected chi connectivity index (χ2v) is 34.9. The van der Waals surface area contributed by atoms with Crippen molar-refractivity contribution in [2.75, 3.05) is 13.2 Å². The second kappa shape index (κ2) is 29.5. The molecule has 6 aromatic carbocycles. The Morgan fingerprint density at radius 3 is 1.38 bits per heavy atom. The first-order chi connectivity index (χ1) is 48.8. The van der Waals surface area contributed by atoms with Gasteiger partial charge in [-0.05, 0) is 206 Å². The molecule has 0 amide bonds. The first-order valence-corrected chi connectivity index (χ1v) is 37.2. The number of aryl methyl sites for hydroxylation is 3. The van der Waals surface area contributed by atoms with Crippen molar-refractivity contribution in [3.63, 3.8) is 0 Å². The first kappa shape index (κ1) is 73.5. The third-order valence-electron chi connectivity index (χ3n) is 20.2. The van der Waals surface area contributed by atoms with Gasteiger partial charge >= 0.3 is 14.5 Å². The number of para-hydroxylation sites is 2. The molecule has 536 valence electrons. The van der Waals surface area contributed by atoms with E-state index in [4.69, 9.17) is 46.9 Å². The quantitative estimate of drug-likeness (QED) is 0.0421. The molecule has 0 fully saturated rings. The van der Waals surface area contributed by atoms with Crippen molar-refractivity contribution in [3.8, 4) is 63.1 Å². The zero-order chi connectivity index (χ0) is 73.6. The maximum atomic E-state index is 12.4. The van der Waals surface area contributed by atoms with Crippen LogP contribution < -0.4 is 38.8 Å². The molecule has 0 saturated heterocycles. The topological polar surface area (TPSA) is 145 Å². The average Bonchev–Trinajstić information content (AvgIpc) is 1.52. The van der Waals surface area contributed by atoms with Crippen LogP contribution in [-0.4, -0.2) is 46.6 Å². The number of aromatic nitrogens is 4. The Morgan fingerprint density at radius 2 is 0.913 bits per heavy atom. The van der Waals surface area contributed by atoms with E-state index in [2.05, 4.69) is 134 Å². The third-order valence-corrected chi connectivity index (χ3v) is 20.2. The monoisotopic (exact) mass is 1380 g/mol. The highest BCUT2D eigenvalue weighted by molar-refractivity contribution is 6.49. The van der Waals surface area contributed by atoms with Crippen LogP contribution in [0.3, 0.4) is 0 Å². The van der Waals surface area contributed by atoms with Crippen molar-refractivity contribution in [2.24, 2.45) is 57.2 Å². The van der Waals surface area contributed by atoms with E-state index in [1.165, 1.54) is 0 Å². The number of hydrogen-bond acceptors (Lipinski definition) is 11. The fourth-order valence-corrected chi connectivity index (χ4v) is 16.2. The minimum atomic E-state index is -1.28. The minimum absolute atomic E-state index is 0.0359. The molecule has 103 heavy (non-hydrogen) atoms. The summed E-state index contributed by atoms with van der Waals surface area (Å²) in [5, 5.41) is 14.0. The predicted molar refractivity (Wildman–Crippen MR) is 417 cm³/mol. The summed E-state index contributed by atoms with van der Waals surface area (Å²) in [5.41, 5.74) is 8.08. The van der Waals surface area contributed by atoms with E-state index in [1.807, 2.05) is 145 Å². The molecule has 0 aliphatic carbocycles. The molecule has 6 atom stereocenters. The summed E-state index contributed by atoms with van der Waals surface area (Å²) in [6.45, 7) is 54.0. The van der Waals surface area contributed by atoms with E-state index in [0.717, 1.165) is 68.1 Å². The van der Waals surface area contributed by atoms with Crippen LogP contribution in [0.25, 0.3) is 71.6 Å². The van der Waals surface area contributed by atoms with Crippen molar-refractivity contribution >= 4 is 58.7 Å². The third kappa shape index (κ3) is 16.9. The zero-order valence-electron chi connectivity index (χ0n) is 64.3. The normalized spacial score (nSPS) is 15.7. The molecule has 0 spiro atoms. The van der Waals surface area contributed by atoms with Crippen molar-refractivity contribution < 1.29 is 36.9 Å². The minimum Gasteiger partial charge on any atom is -0.503 e. The van der Waals surface area contributed by atoms with Crippen molar-refractivity contribution in [2.45, 2.75) is 183 Å². The molecule has 4 aromatic heterocycles. The van der Waals surface area contributed by atoms with Gasteiger partial charge in [0.05, 0.1) is 41.9 Å². The Kier molecular flexibility index (Phi) is 21.0. The van der Waals surface area contributed by atoms with Gasteiger partial charge in [-0.1, -0.05) is 178 Å². The van der Waals surface area contributed by atoms with E-state index in [9.17, 15) is 11.8 Å². The van der Waals surface area contributed by atoms with Gasteiger partial charge in [0, 0.05) is 21.9 Å². The van der Waals surface area contributed by atoms with Gasteiger partial charge in [0.15, 0.2) is 11.2 Å². The van der Waals surface area contributed by atoms with Crippen molar-refractivity contribution in [1.82, 2.24) is 18.9 Å². The number of nitrogens with zero attached hydrogens (tertiary/aromatic N) is 6. The van der Waals surface area contributed by atoms with Gasteiger partial charge in [0.2, 0.25) is 11.8 Å². The van der Waals surface area contributed by atoms with Crippen LogP contribution in [0.4, 0.5) is 0 Å². The molecule has 12 rings (SSSR count). The molecule has 16 heteroatoms. The SMILES string of the molecule is [C-]#[N+]/C(c1nc2cc(C)ccc2o1)=c1\c2c(-c3cccc(OCC(CCC(C)CC(C)(C)C)C(C)CC(C)(C)C)c3)n(B3Oc4ccc(C)cc4O3)/c(=C(/C#N)c3nc4cc(C)ccc4o3)c2c(-c2cccc(OCC(CCC(C)CC(C)(C)C)C(C)CC(C)(C)C)c2)n1B1Oc2ccccc2O1. The van der Waals surface area contributed by atoms with Crippen LogP contribution in [0.2, 0.25) is 0 Å². The summed E-state index contributed by atoms with van der Waals surface area (Å²) < 4.78 is 60.4. The number of rotatable bonds is 24. The van der Waals surface area contributed by atoms with Crippen LogP contribution >= 0.6 is 0 Å². The lowest BCUT2D eigenvalue weighted by Gasteiger charge is -2.31. The molecule has 6 heterocycles. The van der Waals surface area contributed by atoms with E-state index < -0.39 is 14.5 Å². The summed E-state index contributed by atoms with van der Waals surface area (Å²) in [5.74, 6) is 5.67. The van der Waals surface area contributed by atoms with Crippen LogP contribution in [-0.2, 0) is 0 Å². The molecule has 0 bridgehead atoms. The lowest BCUT2D eigenvalue weighted by molar-refractivity contribution is 0.147. The maximum absolute atomic E-state index is 12.4. The Bertz CT molecular complexity index is 4950. The fraction of sp³-hybridized carbons (Fsp3) is 0.448. The Hall–Kier alpha value is -9.27. The summed E-state index contributed by atoms with van der Waals surface area (Å²) in [6, 6.07) is 43.8. The standard InChI is InChI=1S/C87H104B2N6O8/c1-53-33-38-69-67(41-53)92-82(98-69)66(50-90)80-75-76(79(94(80)88-102-73-40-35-55(3)43-74(73)103-88)61-26-24-28-65(45-61)97-52-63(59(7)49-87(17,18)19)37-32-57(5)47-85(11,12)13)81(77(91-20)83-93-68-42-54(2)34-39-70(68)99-83)95(89-100-71-29-21-22-30-72(71)101-89)78(75)60-25-23-27-64(44-60)96-51-62(58(6)48-86(14,15)16)36-31-56(4)46-84(8,9)10/h21-30,33-35,38-45,56-59,62-63H,31-32,36-37,46-49,51-52H2,1-19H3/b80-66-,81-77+. The summed E-state index contributed by atoms with van der Waals surface area (Å²) in [4.78, 5) is 14.9. The molecular weight excluding hydrogens is 1280 g/mol. The van der Waals surface area contributed by atoms with Gasteiger partial charge in [-0.25, -0.2) is 14.8 Å². The molecule has 2 aliphatic rings. The molecule has 14 nitrogen and oxygen atoms in total. The number of ether oxygens (including phenoxy) is 2. The number of benzene rings is 6. The van der Waals surface area contributed by atoms with E-state index in [1.54, 1.807) is 0 Å². The van der Waals surface area contributed by atoms with Crippen LogP contribution in [0.15, 0.2) is 136 Å². The predicted octanol–water partition coefficient (Wildman–Crippen LogP) is 21.2. The molecule has 0 saturated carbocycles. The lowest BCUT2D eigenvalue weighted by atomic mass is 9.76. The Balaban J connectivity index is 1.19. The average molecular weight is 1380 g/mol. The summed E-state index contributed by atoms with van der Waals surface area (Å²) in [6.07, 6.45) is 8.53. The number of hydrogen-bond donors (Lipinski definition) is 0. The number of fused-ring (bicyclic) bond motifs is 5. The van der Waals surface area contributed by atoms with Gasteiger partial charge in [-0.15, -0.1) is 0 Å². The van der Waals surface area contributed by atoms with E-state index in [-0.39, 0.29) is 56.5 Å². The zero-order valence-corrected chi connectivity index (χ0v) is 64.3. The highest BCUT2D eigenvalue weighted by atomic mass is 16.7. The molecular formula is C87H104B2N6O8. The van der Waals surface area contributed by atoms with Crippen LogP contribution in [0, 0.1) is 95.8 Å².